The smallest absolute Gasteiger partial charge is 0.220 e. The van der Waals surface area contributed by atoms with Crippen molar-refractivity contribution in [3.63, 3.8) is 0 Å². The summed E-state index contributed by atoms with van der Waals surface area (Å²) in [6.07, 6.45) is 9.05. The molecule has 0 radical (unpaired) electrons. The van der Waals surface area contributed by atoms with E-state index in [-0.39, 0.29) is 12.0 Å². The van der Waals surface area contributed by atoms with Crippen molar-refractivity contribution in [2.45, 2.75) is 70.1 Å². The second kappa shape index (κ2) is 9.29. The molecule has 2 aliphatic carbocycles. The highest BCUT2D eigenvalue weighted by Crippen LogP contribution is 2.45. The molecule has 2 aliphatic rings. The molecule has 3 aromatic heterocycles. The number of aliphatic hydroxyl groups is 1. The number of benzene rings is 1. The van der Waals surface area contributed by atoms with Gasteiger partial charge in [0.05, 0.1) is 22.9 Å². The van der Waals surface area contributed by atoms with Crippen LogP contribution in [0.25, 0.3) is 22.2 Å². The summed E-state index contributed by atoms with van der Waals surface area (Å²) in [6.45, 7) is 3.38. The number of aromatic nitrogens is 5. The Labute approximate surface area is 215 Å². The van der Waals surface area contributed by atoms with Crippen molar-refractivity contribution in [2.24, 2.45) is 5.92 Å². The Balaban J connectivity index is 1.46. The minimum Gasteiger partial charge on any atom is -0.372 e. The van der Waals surface area contributed by atoms with Gasteiger partial charge in [0, 0.05) is 34.8 Å². The largest absolute Gasteiger partial charge is 0.372 e. The molecule has 3 heterocycles. The first kappa shape index (κ1) is 23.6. The minimum absolute atomic E-state index is 0.183. The lowest BCUT2D eigenvalue weighted by molar-refractivity contribution is 0.112. The Kier molecular flexibility index (Phi) is 5.94. The monoisotopic (exact) mass is 497 g/mol. The number of anilines is 1. The van der Waals surface area contributed by atoms with Crippen LogP contribution in [0.2, 0.25) is 0 Å². The van der Waals surface area contributed by atoms with Gasteiger partial charge in [-0.3, -0.25) is 5.10 Å². The zero-order valence-electron chi connectivity index (χ0n) is 21.1. The summed E-state index contributed by atoms with van der Waals surface area (Å²) in [4.78, 5) is 8.60. The van der Waals surface area contributed by atoms with E-state index in [1.165, 1.54) is 38.5 Å². The van der Waals surface area contributed by atoms with Gasteiger partial charge in [0.1, 0.15) is 11.5 Å². The standard InChI is InChI=1S/C28H31N7O2/c1-16-13-23(35-37-16)28(2,36)11-9-17-14-20(21-10-12-30-27(29)32-21)24-22(15-17)33-34-26(24)25(18-7-8-18)31-19-5-3-4-6-19/h10,12-15,18-19,25,31,36H,3-8H2,1-2H3,(H,33,34)(H2,29,30,32). The molecule has 190 valence electrons. The number of rotatable bonds is 6. The highest BCUT2D eigenvalue weighted by atomic mass is 16.5. The van der Waals surface area contributed by atoms with Gasteiger partial charge < -0.3 is 20.7 Å². The summed E-state index contributed by atoms with van der Waals surface area (Å²) in [7, 11) is 0. The average Bonchev–Trinajstić information content (AvgIpc) is 3.22. The van der Waals surface area contributed by atoms with Crippen molar-refractivity contribution in [1.29, 1.82) is 0 Å². The van der Waals surface area contributed by atoms with Crippen molar-refractivity contribution < 1.29 is 9.63 Å². The van der Waals surface area contributed by atoms with Crippen molar-refractivity contribution in [3.8, 4) is 23.1 Å². The van der Waals surface area contributed by atoms with E-state index < -0.39 is 5.60 Å². The molecule has 2 saturated carbocycles. The average molecular weight is 498 g/mol. The van der Waals surface area contributed by atoms with Gasteiger partial charge in [-0.05, 0) is 63.6 Å². The van der Waals surface area contributed by atoms with Crippen LogP contribution in [0.4, 0.5) is 5.95 Å². The Hall–Kier alpha value is -3.74. The molecular formula is C28H31N7O2. The molecule has 37 heavy (non-hydrogen) atoms. The molecule has 4 aromatic rings. The van der Waals surface area contributed by atoms with Gasteiger partial charge >= 0.3 is 0 Å². The van der Waals surface area contributed by atoms with Crippen LogP contribution in [0, 0.1) is 24.7 Å². The first-order chi connectivity index (χ1) is 17.9. The van der Waals surface area contributed by atoms with E-state index >= 15 is 0 Å². The van der Waals surface area contributed by atoms with E-state index in [0.29, 0.717) is 34.7 Å². The van der Waals surface area contributed by atoms with Crippen LogP contribution in [-0.4, -0.2) is 36.5 Å². The molecule has 9 heteroatoms. The fourth-order valence-corrected chi connectivity index (χ4v) is 5.27. The maximum Gasteiger partial charge on any atom is 0.220 e. The fraction of sp³-hybridized carbons (Fsp3) is 0.429. The molecule has 6 rings (SSSR count). The number of H-pyrrole nitrogens is 1. The number of aryl methyl sites for hydroxylation is 1. The summed E-state index contributed by atoms with van der Waals surface area (Å²) in [5, 5.41) is 27.9. The summed E-state index contributed by atoms with van der Waals surface area (Å²) >= 11 is 0. The lowest BCUT2D eigenvalue weighted by atomic mass is 9.96. The third-order valence-corrected chi connectivity index (χ3v) is 7.38. The number of hydrogen-bond acceptors (Lipinski definition) is 8. The quantitative estimate of drug-likeness (QED) is 0.292. The van der Waals surface area contributed by atoms with Crippen molar-refractivity contribution in [3.05, 3.63) is 53.2 Å². The van der Waals surface area contributed by atoms with Gasteiger partial charge in [-0.25, -0.2) is 9.97 Å². The summed E-state index contributed by atoms with van der Waals surface area (Å²) in [6, 6.07) is 8.20. The van der Waals surface area contributed by atoms with Crippen LogP contribution in [0.3, 0.4) is 0 Å². The highest BCUT2D eigenvalue weighted by molar-refractivity contribution is 5.97. The zero-order valence-corrected chi connectivity index (χ0v) is 21.1. The van der Waals surface area contributed by atoms with E-state index in [4.69, 9.17) is 15.4 Å². The summed E-state index contributed by atoms with van der Waals surface area (Å²) in [5.74, 6) is 7.47. The molecule has 1 aromatic carbocycles. The van der Waals surface area contributed by atoms with Gasteiger partial charge in [0.25, 0.3) is 0 Å². The van der Waals surface area contributed by atoms with Crippen LogP contribution < -0.4 is 11.1 Å². The van der Waals surface area contributed by atoms with Crippen LogP contribution >= 0.6 is 0 Å². The molecule has 0 aliphatic heterocycles. The number of hydrogen-bond donors (Lipinski definition) is 4. The fourth-order valence-electron chi connectivity index (χ4n) is 5.27. The second-order valence-corrected chi connectivity index (χ2v) is 10.5. The van der Waals surface area contributed by atoms with Gasteiger partial charge in [0.2, 0.25) is 5.95 Å². The number of nitrogens with zero attached hydrogens (tertiary/aromatic N) is 4. The number of nitrogens with one attached hydrogen (secondary N) is 2. The molecule has 5 N–H and O–H groups in total. The van der Waals surface area contributed by atoms with Crippen LogP contribution in [0.1, 0.15) is 74.2 Å². The van der Waals surface area contributed by atoms with Crippen LogP contribution in [-0.2, 0) is 5.60 Å². The third kappa shape index (κ3) is 4.82. The highest BCUT2D eigenvalue weighted by Gasteiger charge is 2.37. The Morgan fingerprint density at radius 3 is 2.73 bits per heavy atom. The molecule has 0 spiro atoms. The molecular weight excluding hydrogens is 466 g/mol. The van der Waals surface area contributed by atoms with E-state index in [1.54, 1.807) is 26.1 Å². The van der Waals surface area contributed by atoms with E-state index in [2.05, 4.69) is 37.4 Å². The topological polar surface area (TPSA) is 139 Å². The minimum atomic E-state index is -1.46. The maximum atomic E-state index is 10.9. The Morgan fingerprint density at radius 2 is 2.03 bits per heavy atom. The number of nitrogen functional groups attached to an aromatic ring is 1. The lowest BCUT2D eigenvalue weighted by Crippen LogP contribution is -2.32. The Morgan fingerprint density at radius 1 is 1.22 bits per heavy atom. The SMILES string of the molecule is Cc1cc(C(C)(O)C#Cc2cc(-c3ccnc(N)n3)c3c(C(NC4CCCC4)C4CC4)n[nH]c3c2)no1. The van der Waals surface area contributed by atoms with Gasteiger partial charge in [-0.2, -0.15) is 5.10 Å². The van der Waals surface area contributed by atoms with Gasteiger partial charge in [0.15, 0.2) is 5.60 Å². The zero-order chi connectivity index (χ0) is 25.6. The first-order valence-electron chi connectivity index (χ1n) is 12.9. The second-order valence-electron chi connectivity index (χ2n) is 10.5. The first-order valence-corrected chi connectivity index (χ1v) is 12.9. The molecule has 2 atom stereocenters. The molecule has 0 amide bonds. The maximum absolute atomic E-state index is 10.9. The third-order valence-electron chi connectivity index (χ3n) is 7.38. The number of fused-ring (bicyclic) bond motifs is 1. The van der Waals surface area contributed by atoms with Crippen molar-refractivity contribution >= 4 is 16.9 Å². The van der Waals surface area contributed by atoms with Gasteiger partial charge in [-0.15, -0.1) is 0 Å². The Bertz CT molecular complexity index is 1500. The molecule has 0 saturated heterocycles. The van der Waals surface area contributed by atoms with Crippen LogP contribution in [0.5, 0.6) is 0 Å². The van der Waals surface area contributed by atoms with Crippen molar-refractivity contribution in [2.75, 3.05) is 5.73 Å². The van der Waals surface area contributed by atoms with E-state index in [0.717, 1.165) is 22.2 Å². The number of aromatic amines is 1. The number of nitrogens with two attached hydrogens (primary N) is 1. The molecule has 2 fully saturated rings. The predicted molar refractivity (Wildman–Crippen MR) is 140 cm³/mol. The van der Waals surface area contributed by atoms with E-state index in [1.807, 2.05) is 18.2 Å². The molecule has 2 unspecified atom stereocenters. The molecule has 0 bridgehead atoms. The molecule has 9 nitrogen and oxygen atoms in total. The summed E-state index contributed by atoms with van der Waals surface area (Å²) in [5.41, 5.74) is 9.05. The van der Waals surface area contributed by atoms with Gasteiger partial charge in [-0.1, -0.05) is 29.8 Å². The summed E-state index contributed by atoms with van der Waals surface area (Å²) < 4.78 is 5.12. The van der Waals surface area contributed by atoms with Crippen LogP contribution in [0.15, 0.2) is 35.0 Å². The normalized spacial score (nSPS) is 18.5. The predicted octanol–water partition coefficient (Wildman–Crippen LogP) is 4.14. The van der Waals surface area contributed by atoms with E-state index in [9.17, 15) is 5.11 Å². The lowest BCUT2D eigenvalue weighted by Gasteiger charge is -2.22. The van der Waals surface area contributed by atoms with Crippen molar-refractivity contribution in [1.82, 2.24) is 30.6 Å².